The molecule has 24 heavy (non-hydrogen) atoms. The predicted octanol–water partition coefficient (Wildman–Crippen LogP) is 1.46. The van der Waals surface area contributed by atoms with Crippen LogP contribution >= 0.6 is 0 Å². The van der Waals surface area contributed by atoms with E-state index in [9.17, 15) is 0 Å². The van der Waals surface area contributed by atoms with E-state index in [1.54, 1.807) is 14.2 Å². The summed E-state index contributed by atoms with van der Waals surface area (Å²) in [4.78, 5) is 0. The molecule has 0 aliphatic heterocycles. The molecule has 0 heterocycles. The maximum atomic E-state index is 5.20. The monoisotopic (exact) mass is 392 g/mol. The molecule has 118 valence electrons. The first-order valence-electron chi connectivity index (χ1n) is 7.10. The van der Waals surface area contributed by atoms with Crippen molar-refractivity contribution in [2.45, 2.75) is 0 Å². The van der Waals surface area contributed by atoms with E-state index in [-0.39, 0.29) is 40.0 Å². The van der Waals surface area contributed by atoms with Crippen LogP contribution in [0.1, 0.15) is 0 Å². The van der Waals surface area contributed by atoms with E-state index in [0.717, 1.165) is 33.8 Å². The van der Waals surface area contributed by atoms with Crippen molar-refractivity contribution >= 4 is 23.1 Å². The fourth-order valence-electron chi connectivity index (χ4n) is 2.37. The van der Waals surface area contributed by atoms with Crippen LogP contribution in [-0.4, -0.2) is 37.3 Å². The molecule has 0 bridgehead atoms. The Morgan fingerprint density at radius 3 is 1.33 bits per heavy atom. The van der Waals surface area contributed by atoms with E-state index in [1.165, 1.54) is 0 Å². The predicted molar refractivity (Wildman–Crippen MR) is 95.0 cm³/mol. The number of methoxy groups -OCH3 is 2. The Labute approximate surface area is 169 Å². The molecule has 0 atom stereocenters. The van der Waals surface area contributed by atoms with Gasteiger partial charge in [0.15, 0.2) is 0 Å². The fourth-order valence-corrected chi connectivity index (χ4v) is 2.37. The summed E-state index contributed by atoms with van der Waals surface area (Å²) in [5.74, 6) is 1.72. The number of hydrogen-bond donors (Lipinski definition) is 0. The molecule has 0 saturated heterocycles. The SMILES string of the molecule is COc1ccc(-c2c[c-]cc(-c3ccc(OC)cc3)c2)cc1.[Br-].[Mg+2]. The van der Waals surface area contributed by atoms with Crippen molar-refractivity contribution in [3.05, 3.63) is 72.8 Å². The van der Waals surface area contributed by atoms with Gasteiger partial charge >= 0.3 is 23.1 Å². The van der Waals surface area contributed by atoms with Crippen LogP contribution in [0, 0.1) is 6.07 Å². The molecule has 0 N–H and O–H groups in total. The minimum Gasteiger partial charge on any atom is -1.00 e. The van der Waals surface area contributed by atoms with Crippen LogP contribution in [0.4, 0.5) is 0 Å². The van der Waals surface area contributed by atoms with Gasteiger partial charge in [0.05, 0.1) is 14.2 Å². The van der Waals surface area contributed by atoms with E-state index in [4.69, 9.17) is 9.47 Å². The van der Waals surface area contributed by atoms with Crippen LogP contribution < -0.4 is 26.5 Å². The molecular weight excluding hydrogens is 376 g/mol. The van der Waals surface area contributed by atoms with Crippen molar-refractivity contribution in [2.24, 2.45) is 0 Å². The molecule has 0 saturated carbocycles. The summed E-state index contributed by atoms with van der Waals surface area (Å²) >= 11 is 0. The van der Waals surface area contributed by atoms with Crippen LogP contribution in [0.5, 0.6) is 11.5 Å². The molecule has 0 aromatic heterocycles. The third-order valence-electron chi connectivity index (χ3n) is 3.64. The number of rotatable bonds is 4. The molecule has 3 aromatic rings. The van der Waals surface area contributed by atoms with Crippen LogP contribution in [-0.2, 0) is 0 Å². The third-order valence-corrected chi connectivity index (χ3v) is 3.64. The van der Waals surface area contributed by atoms with Gasteiger partial charge in [-0.3, -0.25) is 0 Å². The molecule has 0 amide bonds. The molecule has 2 nitrogen and oxygen atoms in total. The van der Waals surface area contributed by atoms with Gasteiger partial charge in [0.2, 0.25) is 0 Å². The minimum atomic E-state index is 0. The van der Waals surface area contributed by atoms with Crippen molar-refractivity contribution < 1.29 is 26.5 Å². The second-order valence-corrected chi connectivity index (χ2v) is 4.97. The molecule has 4 heteroatoms. The zero-order valence-corrected chi connectivity index (χ0v) is 16.8. The van der Waals surface area contributed by atoms with Crippen molar-refractivity contribution in [1.29, 1.82) is 0 Å². The summed E-state index contributed by atoms with van der Waals surface area (Å²) in [5.41, 5.74) is 4.56. The van der Waals surface area contributed by atoms with Crippen LogP contribution in [0.2, 0.25) is 0 Å². The minimum absolute atomic E-state index is 0. The van der Waals surface area contributed by atoms with Gasteiger partial charge in [0.25, 0.3) is 0 Å². The molecule has 0 spiro atoms. The van der Waals surface area contributed by atoms with Crippen LogP contribution in [0.15, 0.2) is 66.7 Å². The Morgan fingerprint density at radius 2 is 1.00 bits per heavy atom. The van der Waals surface area contributed by atoms with Crippen LogP contribution in [0.25, 0.3) is 22.3 Å². The topological polar surface area (TPSA) is 18.5 Å². The first-order chi connectivity index (χ1) is 10.8. The summed E-state index contributed by atoms with van der Waals surface area (Å²) in [5, 5.41) is 0. The summed E-state index contributed by atoms with van der Waals surface area (Å²) in [6.45, 7) is 0. The first kappa shape index (κ1) is 20.6. The number of hydrogen-bond acceptors (Lipinski definition) is 2. The van der Waals surface area contributed by atoms with Crippen molar-refractivity contribution in [3.63, 3.8) is 0 Å². The largest absolute Gasteiger partial charge is 2.00 e. The molecule has 0 aliphatic rings. The quantitative estimate of drug-likeness (QED) is 0.494. The van der Waals surface area contributed by atoms with Gasteiger partial charge in [-0.25, -0.2) is 0 Å². The Kier molecular flexibility index (Phi) is 8.32. The maximum Gasteiger partial charge on any atom is 2.00 e. The van der Waals surface area contributed by atoms with Crippen molar-refractivity contribution in [3.8, 4) is 33.8 Å². The van der Waals surface area contributed by atoms with Gasteiger partial charge in [-0.1, -0.05) is 35.4 Å². The van der Waals surface area contributed by atoms with E-state index in [1.807, 2.05) is 36.4 Å². The van der Waals surface area contributed by atoms with Gasteiger partial charge in [-0.15, -0.1) is 11.1 Å². The zero-order chi connectivity index (χ0) is 15.4. The molecule has 0 unspecified atom stereocenters. The van der Waals surface area contributed by atoms with E-state index in [2.05, 4.69) is 36.4 Å². The van der Waals surface area contributed by atoms with Gasteiger partial charge in [0, 0.05) is 0 Å². The molecule has 0 fully saturated rings. The molecule has 3 aromatic carbocycles. The maximum absolute atomic E-state index is 5.20. The van der Waals surface area contributed by atoms with Crippen molar-refractivity contribution in [2.75, 3.05) is 14.2 Å². The summed E-state index contributed by atoms with van der Waals surface area (Å²) in [7, 11) is 3.35. The average Bonchev–Trinajstić information content (AvgIpc) is 2.62. The van der Waals surface area contributed by atoms with Crippen LogP contribution in [0.3, 0.4) is 0 Å². The van der Waals surface area contributed by atoms with Gasteiger partial charge in [0.1, 0.15) is 11.5 Å². The smallest absolute Gasteiger partial charge is 1.00 e. The second kappa shape index (κ2) is 9.72. The van der Waals surface area contributed by atoms with E-state index in [0.29, 0.717) is 0 Å². The number of benzene rings is 3. The molecular formula is C20H17BrMgO2. The standard InChI is InChI=1S/C20H17O2.BrH.Mg/c1-21-19-10-6-15(7-11-19)17-4-3-5-18(14-17)16-8-12-20(22-2)13-9-16;;/h4-14H,1-2H3;1H;/q-1;;+2/p-1. The van der Waals surface area contributed by atoms with Crippen molar-refractivity contribution in [1.82, 2.24) is 0 Å². The molecule has 3 rings (SSSR count). The first-order valence-corrected chi connectivity index (χ1v) is 7.10. The van der Waals surface area contributed by atoms with Gasteiger partial charge in [-0.05, 0) is 24.3 Å². The second-order valence-electron chi connectivity index (χ2n) is 4.97. The molecule has 0 radical (unpaired) electrons. The van der Waals surface area contributed by atoms with Gasteiger partial charge < -0.3 is 26.5 Å². The Morgan fingerprint density at radius 1 is 0.625 bits per heavy atom. The number of halogens is 1. The van der Waals surface area contributed by atoms with E-state index >= 15 is 0 Å². The Balaban J connectivity index is 0.00000144. The fraction of sp³-hybridized carbons (Fsp3) is 0.100. The summed E-state index contributed by atoms with van der Waals surface area (Å²) in [6.07, 6.45) is 0. The van der Waals surface area contributed by atoms with E-state index < -0.39 is 0 Å². The zero-order valence-electron chi connectivity index (χ0n) is 13.8. The Bertz CT molecular complexity index is 693. The normalized spacial score (nSPS) is 9.42. The van der Waals surface area contributed by atoms with Gasteiger partial charge in [-0.2, -0.15) is 24.3 Å². The Hall–Kier alpha value is -1.49. The summed E-state index contributed by atoms with van der Waals surface area (Å²) < 4.78 is 10.4. The third kappa shape index (κ3) is 4.76. The number of ether oxygens (including phenoxy) is 2. The average molecular weight is 394 g/mol. The summed E-state index contributed by atoms with van der Waals surface area (Å²) in [6, 6.07) is 25.5. The molecule has 0 aliphatic carbocycles.